The van der Waals surface area contributed by atoms with Crippen LogP contribution in [0.5, 0.6) is 5.75 Å². The lowest BCUT2D eigenvalue weighted by molar-refractivity contribution is -0.113. The SMILES string of the molecule is COc1ccc(-c2nnc(SCC(=O)Nc3sc(C(N)=O)c(C)c3C(=O)OC(C)C)n2C)cc1. The largest absolute Gasteiger partial charge is 0.497 e. The zero-order valence-electron chi connectivity index (χ0n) is 19.4. The average molecular weight is 504 g/mol. The van der Waals surface area contributed by atoms with Crippen molar-refractivity contribution in [2.75, 3.05) is 18.2 Å². The molecular formula is C22H25N5O5S2. The molecule has 1 aromatic carbocycles. The third-order valence-corrected chi connectivity index (χ3v) is 6.93. The van der Waals surface area contributed by atoms with Crippen molar-refractivity contribution in [3.05, 3.63) is 40.3 Å². The number of carbonyl (C=O) groups is 3. The average Bonchev–Trinajstić information content (AvgIpc) is 3.31. The number of ether oxygens (including phenoxy) is 2. The van der Waals surface area contributed by atoms with Crippen molar-refractivity contribution in [2.45, 2.75) is 32.0 Å². The third kappa shape index (κ3) is 5.57. The molecule has 0 atom stereocenters. The maximum Gasteiger partial charge on any atom is 0.341 e. The number of primary amides is 1. The number of rotatable bonds is 9. The molecule has 10 nitrogen and oxygen atoms in total. The number of nitrogens with two attached hydrogens (primary N) is 1. The second-order valence-corrected chi connectivity index (χ2v) is 9.47. The molecule has 12 heteroatoms. The minimum absolute atomic E-state index is 0.0100. The molecule has 34 heavy (non-hydrogen) atoms. The number of benzene rings is 1. The van der Waals surface area contributed by atoms with Gasteiger partial charge in [-0.2, -0.15) is 0 Å². The Kier molecular flexibility index (Phi) is 7.94. The number of hydrogen-bond acceptors (Lipinski definition) is 9. The Bertz CT molecular complexity index is 1220. The minimum Gasteiger partial charge on any atom is -0.497 e. The van der Waals surface area contributed by atoms with Crippen molar-refractivity contribution < 1.29 is 23.9 Å². The Morgan fingerprint density at radius 3 is 2.47 bits per heavy atom. The first-order chi connectivity index (χ1) is 16.1. The monoisotopic (exact) mass is 503 g/mol. The molecule has 3 aromatic rings. The molecule has 3 N–H and O–H groups in total. The van der Waals surface area contributed by atoms with Crippen molar-refractivity contribution in [3.63, 3.8) is 0 Å². The molecule has 0 aliphatic heterocycles. The van der Waals surface area contributed by atoms with E-state index in [4.69, 9.17) is 15.2 Å². The van der Waals surface area contributed by atoms with Gasteiger partial charge in [0.25, 0.3) is 5.91 Å². The molecule has 0 saturated heterocycles. The molecule has 0 aliphatic rings. The molecule has 3 rings (SSSR count). The van der Waals surface area contributed by atoms with E-state index in [2.05, 4.69) is 15.5 Å². The lowest BCUT2D eigenvalue weighted by Crippen LogP contribution is -2.18. The second kappa shape index (κ2) is 10.7. The highest BCUT2D eigenvalue weighted by Gasteiger charge is 2.26. The summed E-state index contributed by atoms with van der Waals surface area (Å²) in [6.45, 7) is 5.02. The summed E-state index contributed by atoms with van der Waals surface area (Å²) in [4.78, 5) is 37.2. The quantitative estimate of drug-likeness (QED) is 0.335. The summed E-state index contributed by atoms with van der Waals surface area (Å²) in [5.74, 6) is -0.301. The van der Waals surface area contributed by atoms with E-state index in [1.807, 2.05) is 31.3 Å². The number of amides is 2. The Morgan fingerprint density at radius 1 is 1.21 bits per heavy atom. The summed E-state index contributed by atoms with van der Waals surface area (Å²) < 4.78 is 12.2. The number of esters is 1. The summed E-state index contributed by atoms with van der Waals surface area (Å²) in [5, 5.41) is 11.8. The molecule has 2 amide bonds. The van der Waals surface area contributed by atoms with E-state index < -0.39 is 11.9 Å². The summed E-state index contributed by atoms with van der Waals surface area (Å²) in [5.41, 5.74) is 6.79. The Labute approximate surface area is 204 Å². The van der Waals surface area contributed by atoms with Gasteiger partial charge in [-0.15, -0.1) is 21.5 Å². The summed E-state index contributed by atoms with van der Waals surface area (Å²) >= 11 is 2.14. The topological polar surface area (TPSA) is 138 Å². The van der Waals surface area contributed by atoms with Gasteiger partial charge < -0.3 is 25.1 Å². The van der Waals surface area contributed by atoms with Crippen molar-refractivity contribution in [3.8, 4) is 17.1 Å². The molecule has 0 radical (unpaired) electrons. The van der Waals surface area contributed by atoms with Crippen LogP contribution in [0.2, 0.25) is 0 Å². The van der Waals surface area contributed by atoms with Crippen LogP contribution in [0.3, 0.4) is 0 Å². The Morgan fingerprint density at radius 2 is 1.88 bits per heavy atom. The molecular weight excluding hydrogens is 478 g/mol. The minimum atomic E-state index is -0.680. The number of thiophene rings is 1. The zero-order valence-corrected chi connectivity index (χ0v) is 21.0. The van der Waals surface area contributed by atoms with Gasteiger partial charge in [0.2, 0.25) is 5.91 Å². The lowest BCUT2D eigenvalue weighted by atomic mass is 10.1. The fraction of sp³-hybridized carbons (Fsp3) is 0.318. The number of hydrogen-bond donors (Lipinski definition) is 2. The molecule has 0 aliphatic carbocycles. The van der Waals surface area contributed by atoms with Crippen molar-refractivity contribution >= 4 is 45.9 Å². The maximum atomic E-state index is 12.7. The summed E-state index contributed by atoms with van der Waals surface area (Å²) in [6, 6.07) is 7.40. The lowest BCUT2D eigenvalue weighted by Gasteiger charge is -2.10. The molecule has 180 valence electrons. The molecule has 0 spiro atoms. The van der Waals surface area contributed by atoms with Crippen LogP contribution in [0, 0.1) is 6.92 Å². The summed E-state index contributed by atoms with van der Waals surface area (Å²) in [7, 11) is 3.40. The smallest absolute Gasteiger partial charge is 0.341 e. The van der Waals surface area contributed by atoms with E-state index in [1.165, 1.54) is 11.8 Å². The Hall–Kier alpha value is -3.38. The van der Waals surface area contributed by atoms with Crippen LogP contribution < -0.4 is 15.8 Å². The first-order valence-corrected chi connectivity index (χ1v) is 12.0. The van der Waals surface area contributed by atoms with E-state index in [-0.39, 0.29) is 33.2 Å². The molecule has 0 fully saturated rings. The van der Waals surface area contributed by atoms with E-state index in [1.54, 1.807) is 32.4 Å². The van der Waals surface area contributed by atoms with Gasteiger partial charge in [0.1, 0.15) is 10.8 Å². The van der Waals surface area contributed by atoms with Crippen molar-refractivity contribution in [1.29, 1.82) is 0 Å². The third-order valence-electron chi connectivity index (χ3n) is 4.69. The number of carbonyl (C=O) groups excluding carboxylic acids is 3. The van der Waals surface area contributed by atoms with E-state index >= 15 is 0 Å². The predicted octanol–water partition coefficient (Wildman–Crippen LogP) is 3.26. The number of anilines is 1. The van der Waals surface area contributed by atoms with Gasteiger partial charge in [0.05, 0.1) is 29.4 Å². The van der Waals surface area contributed by atoms with Crippen LogP contribution in [0.4, 0.5) is 5.00 Å². The number of nitrogens with zero attached hydrogens (tertiary/aromatic N) is 3. The number of nitrogens with one attached hydrogen (secondary N) is 1. The second-order valence-electron chi connectivity index (χ2n) is 7.51. The van der Waals surface area contributed by atoms with E-state index in [9.17, 15) is 14.4 Å². The van der Waals surface area contributed by atoms with Gasteiger partial charge in [-0.1, -0.05) is 11.8 Å². The standard InChI is InChI=1S/C22H25N5O5S2/c1-11(2)32-21(30)16-12(3)17(18(23)29)34-20(16)24-15(28)10-33-22-26-25-19(27(22)4)13-6-8-14(31-5)9-7-13/h6-9,11H,10H2,1-5H3,(H2,23,29)(H,24,28). The number of thioether (sulfide) groups is 1. The number of aromatic nitrogens is 3. The molecule has 0 unspecified atom stereocenters. The molecule has 2 aromatic heterocycles. The van der Waals surface area contributed by atoms with Crippen LogP contribution in [-0.2, 0) is 16.6 Å². The van der Waals surface area contributed by atoms with Crippen LogP contribution in [-0.4, -0.2) is 51.5 Å². The van der Waals surface area contributed by atoms with E-state index in [0.29, 0.717) is 16.5 Å². The summed E-state index contributed by atoms with van der Waals surface area (Å²) in [6.07, 6.45) is -0.362. The zero-order chi connectivity index (χ0) is 25.0. The first-order valence-electron chi connectivity index (χ1n) is 10.2. The highest BCUT2D eigenvalue weighted by molar-refractivity contribution is 7.99. The number of methoxy groups -OCH3 is 1. The maximum absolute atomic E-state index is 12.7. The van der Waals surface area contributed by atoms with Crippen molar-refractivity contribution in [2.24, 2.45) is 12.8 Å². The fourth-order valence-electron chi connectivity index (χ4n) is 3.08. The van der Waals surface area contributed by atoms with Gasteiger partial charge >= 0.3 is 5.97 Å². The van der Waals surface area contributed by atoms with E-state index in [0.717, 1.165) is 22.6 Å². The van der Waals surface area contributed by atoms with Gasteiger partial charge in [-0.3, -0.25) is 9.59 Å². The van der Waals surface area contributed by atoms with Gasteiger partial charge in [0, 0.05) is 12.6 Å². The van der Waals surface area contributed by atoms with Gasteiger partial charge in [0.15, 0.2) is 11.0 Å². The van der Waals surface area contributed by atoms with Gasteiger partial charge in [-0.05, 0) is 50.6 Å². The van der Waals surface area contributed by atoms with Crippen LogP contribution in [0.1, 0.15) is 39.4 Å². The van der Waals surface area contributed by atoms with Crippen LogP contribution in [0.25, 0.3) is 11.4 Å². The van der Waals surface area contributed by atoms with Gasteiger partial charge in [-0.25, -0.2) is 4.79 Å². The molecule has 2 heterocycles. The molecule has 0 saturated carbocycles. The molecule has 0 bridgehead atoms. The highest BCUT2D eigenvalue weighted by Crippen LogP contribution is 2.34. The first kappa shape index (κ1) is 25.2. The fourth-order valence-corrected chi connectivity index (χ4v) is 4.85. The highest BCUT2D eigenvalue weighted by atomic mass is 32.2. The van der Waals surface area contributed by atoms with Crippen LogP contribution >= 0.6 is 23.1 Å². The predicted molar refractivity (Wildman–Crippen MR) is 130 cm³/mol. The van der Waals surface area contributed by atoms with Crippen molar-refractivity contribution in [1.82, 2.24) is 14.8 Å². The van der Waals surface area contributed by atoms with Crippen LogP contribution in [0.15, 0.2) is 29.4 Å². The Balaban J connectivity index is 1.73. The normalized spacial score (nSPS) is 10.9.